The number of piperidine rings is 4. The normalized spacial score (nSPS) is 22.1. The number of halogens is 1. The number of carbonyl (C=O) groups is 6. The van der Waals surface area contributed by atoms with Gasteiger partial charge < -0.3 is 24.4 Å². The van der Waals surface area contributed by atoms with E-state index in [1.807, 2.05) is 15.9 Å². The summed E-state index contributed by atoms with van der Waals surface area (Å²) in [6.45, 7) is 11.1. The van der Waals surface area contributed by atoms with Crippen molar-refractivity contribution >= 4 is 63.8 Å². The van der Waals surface area contributed by atoms with Crippen molar-refractivity contribution in [2.75, 3.05) is 90.0 Å². The third kappa shape index (κ3) is 10.1. The van der Waals surface area contributed by atoms with E-state index >= 15 is 4.39 Å². The predicted octanol–water partition coefficient (Wildman–Crippen LogP) is 2.86. The van der Waals surface area contributed by atoms with Crippen molar-refractivity contribution in [2.24, 2.45) is 11.8 Å². The molecule has 9 rings (SSSR count). The molecule has 352 valence electrons. The Hall–Kier alpha value is -5.40. The topological polar surface area (TPSA) is 189 Å². The Balaban J connectivity index is 0.673. The molecule has 0 saturated carbocycles. The first-order valence-electron chi connectivity index (χ1n) is 23.4. The van der Waals surface area contributed by atoms with Gasteiger partial charge in [-0.2, -0.15) is 11.8 Å². The van der Waals surface area contributed by atoms with Crippen LogP contribution in [-0.2, 0) is 24.9 Å². The number of aromatic nitrogens is 2. The van der Waals surface area contributed by atoms with Crippen molar-refractivity contribution in [3.05, 3.63) is 63.5 Å². The minimum atomic E-state index is -0.987. The summed E-state index contributed by atoms with van der Waals surface area (Å²) in [4.78, 5) is 108. The molecule has 1 atom stereocenters. The average molecular weight is 928 g/mol. The highest BCUT2D eigenvalue weighted by Gasteiger charge is 2.45. The second-order valence-electron chi connectivity index (χ2n) is 18.6. The van der Waals surface area contributed by atoms with Gasteiger partial charge in [0.25, 0.3) is 17.4 Å². The number of rotatable bonds is 12. The molecule has 3 aromatic rings. The SMILES string of the molecule is CC(=O)N1CCC(COc2cc(F)c3c(=O)[nH]c(CSC4CCN(CC(=O)N5CCC(CN6CCN(c7ccc8c(c7)C(=O)N(C7CCC(=O)NC7=O)C8=O)CC6)CC5)CC4)nc3c2)CC1. The number of H-pyrrole nitrogens is 1. The lowest BCUT2D eigenvalue weighted by molar-refractivity contribution is -0.136. The molecule has 5 fully saturated rings. The number of benzene rings is 2. The number of hydrogen-bond donors (Lipinski definition) is 2. The zero-order valence-corrected chi connectivity index (χ0v) is 38.3. The largest absolute Gasteiger partial charge is 0.493 e. The minimum Gasteiger partial charge on any atom is -0.493 e. The van der Waals surface area contributed by atoms with Crippen LogP contribution in [0.5, 0.6) is 5.75 Å². The van der Waals surface area contributed by atoms with E-state index in [1.165, 1.54) is 6.07 Å². The number of ether oxygens (including phenoxy) is 1. The van der Waals surface area contributed by atoms with Crippen molar-refractivity contribution in [3.8, 4) is 5.75 Å². The first-order chi connectivity index (χ1) is 31.9. The number of thioether (sulfide) groups is 1. The van der Waals surface area contributed by atoms with E-state index in [2.05, 4.69) is 30.0 Å². The Bertz CT molecular complexity index is 2440. The van der Waals surface area contributed by atoms with Crippen molar-refractivity contribution in [3.63, 3.8) is 0 Å². The number of hydrogen-bond acceptors (Lipinski definition) is 13. The lowest BCUT2D eigenvalue weighted by Crippen LogP contribution is -2.54. The maximum atomic E-state index is 15.1. The smallest absolute Gasteiger partial charge is 0.262 e. The molecule has 0 aliphatic carbocycles. The number of amides is 6. The molecule has 0 spiro atoms. The number of fused-ring (bicyclic) bond motifs is 2. The van der Waals surface area contributed by atoms with Crippen LogP contribution in [0.25, 0.3) is 10.9 Å². The summed E-state index contributed by atoms with van der Waals surface area (Å²) in [5.74, 6) is -0.367. The van der Waals surface area contributed by atoms with Crippen LogP contribution in [0, 0.1) is 17.7 Å². The summed E-state index contributed by atoms with van der Waals surface area (Å²) in [6, 6.07) is 7.16. The van der Waals surface area contributed by atoms with Gasteiger partial charge in [0.2, 0.25) is 23.6 Å². The third-order valence-corrected chi connectivity index (χ3v) is 15.7. The van der Waals surface area contributed by atoms with Crippen LogP contribution in [0.2, 0.25) is 0 Å². The Morgan fingerprint density at radius 1 is 0.788 bits per heavy atom. The third-order valence-electron chi connectivity index (χ3n) is 14.3. The Morgan fingerprint density at radius 3 is 2.20 bits per heavy atom. The fourth-order valence-electron chi connectivity index (χ4n) is 10.3. The summed E-state index contributed by atoms with van der Waals surface area (Å²) in [7, 11) is 0. The van der Waals surface area contributed by atoms with Crippen LogP contribution in [0.3, 0.4) is 0 Å². The van der Waals surface area contributed by atoms with Gasteiger partial charge >= 0.3 is 0 Å². The van der Waals surface area contributed by atoms with Crippen LogP contribution in [0.4, 0.5) is 10.1 Å². The predicted molar refractivity (Wildman–Crippen MR) is 245 cm³/mol. The Kier molecular flexibility index (Phi) is 13.7. The first kappa shape index (κ1) is 45.7. The molecule has 7 heterocycles. The van der Waals surface area contributed by atoms with Gasteiger partial charge in [0.15, 0.2) is 0 Å². The van der Waals surface area contributed by atoms with Crippen molar-refractivity contribution in [1.82, 2.24) is 39.8 Å². The van der Waals surface area contributed by atoms with Crippen LogP contribution >= 0.6 is 11.8 Å². The van der Waals surface area contributed by atoms with E-state index in [9.17, 15) is 33.6 Å². The van der Waals surface area contributed by atoms with Gasteiger partial charge in [-0.3, -0.25) is 53.6 Å². The molecule has 5 saturated heterocycles. The number of likely N-dealkylation sites (tertiary alicyclic amines) is 3. The van der Waals surface area contributed by atoms with Gasteiger partial charge in [-0.05, 0) is 88.1 Å². The zero-order chi connectivity index (χ0) is 46.1. The van der Waals surface area contributed by atoms with E-state index in [0.29, 0.717) is 60.3 Å². The number of nitrogens with zero attached hydrogens (tertiary/aromatic N) is 7. The molecule has 6 aliphatic heterocycles. The van der Waals surface area contributed by atoms with E-state index in [1.54, 1.807) is 36.9 Å². The number of aromatic amines is 1. The Morgan fingerprint density at radius 2 is 1.48 bits per heavy atom. The number of piperazine rings is 1. The molecule has 0 bridgehead atoms. The fourth-order valence-corrected chi connectivity index (χ4v) is 11.4. The van der Waals surface area contributed by atoms with Crippen LogP contribution in [-0.4, -0.2) is 166 Å². The quantitative estimate of drug-likeness (QED) is 0.253. The summed E-state index contributed by atoms with van der Waals surface area (Å²) in [6.07, 6.45) is 5.60. The summed E-state index contributed by atoms with van der Waals surface area (Å²) in [5, 5.41) is 2.50. The average Bonchev–Trinajstić information content (AvgIpc) is 3.56. The number of imide groups is 2. The van der Waals surface area contributed by atoms with E-state index in [4.69, 9.17) is 4.74 Å². The maximum Gasteiger partial charge on any atom is 0.262 e. The number of nitrogens with one attached hydrogen (secondary N) is 2. The first-order valence-corrected chi connectivity index (χ1v) is 24.5. The molecule has 6 aliphatic rings. The van der Waals surface area contributed by atoms with Crippen LogP contribution < -0.4 is 20.5 Å². The molecule has 0 radical (unpaired) electrons. The molecule has 17 nitrogen and oxygen atoms in total. The van der Waals surface area contributed by atoms with Gasteiger partial charge in [-0.15, -0.1) is 0 Å². The van der Waals surface area contributed by atoms with E-state index in [-0.39, 0.29) is 47.0 Å². The molecule has 1 unspecified atom stereocenters. The van der Waals surface area contributed by atoms with E-state index < -0.39 is 41.0 Å². The number of carbonyl (C=O) groups excluding carboxylic acids is 6. The van der Waals surface area contributed by atoms with Gasteiger partial charge in [-0.25, -0.2) is 9.37 Å². The zero-order valence-electron chi connectivity index (χ0n) is 37.4. The monoisotopic (exact) mass is 927 g/mol. The standard InChI is InChI=1S/C47H58FN9O8S/c1-29(58)54-14-8-31(9-15-54)27-65-33-23-37(48)43-38(24-33)49-40(50-45(43)62)28-66-34-10-12-52(13-11-34)26-42(60)56-16-6-30(7-17-56)25-53-18-20-55(21-19-53)32-2-3-35-36(22-32)47(64)57(46(35)63)39-4-5-41(59)51-44(39)61/h2-3,22-24,30-31,34,39H,4-21,25-28H2,1H3,(H,49,50,62)(H,51,59,61). The summed E-state index contributed by atoms with van der Waals surface area (Å²) >= 11 is 1.72. The van der Waals surface area contributed by atoms with Gasteiger partial charge in [0.1, 0.15) is 28.8 Å². The second kappa shape index (κ2) is 19.8. The molecular formula is C47H58FN9O8S. The molecule has 19 heteroatoms. The fraction of sp³-hybridized carbons (Fsp3) is 0.574. The molecule has 2 N–H and O–H groups in total. The van der Waals surface area contributed by atoms with Crippen molar-refractivity contribution in [1.29, 1.82) is 0 Å². The van der Waals surface area contributed by atoms with Crippen molar-refractivity contribution < 1.29 is 37.9 Å². The van der Waals surface area contributed by atoms with E-state index in [0.717, 1.165) is 108 Å². The minimum absolute atomic E-state index is 0.0721. The molecule has 2 aromatic carbocycles. The van der Waals surface area contributed by atoms with Gasteiger partial charge in [-0.1, -0.05) is 0 Å². The highest BCUT2D eigenvalue weighted by atomic mass is 32.2. The van der Waals surface area contributed by atoms with Crippen LogP contribution in [0.15, 0.2) is 35.1 Å². The molecule has 1 aromatic heterocycles. The highest BCUT2D eigenvalue weighted by molar-refractivity contribution is 7.99. The Labute approximate surface area is 386 Å². The van der Waals surface area contributed by atoms with Gasteiger partial charge in [0, 0.05) is 95.3 Å². The highest BCUT2D eigenvalue weighted by Crippen LogP contribution is 2.32. The molecule has 66 heavy (non-hydrogen) atoms. The summed E-state index contributed by atoms with van der Waals surface area (Å²) < 4.78 is 21.0. The molecular weight excluding hydrogens is 870 g/mol. The maximum absolute atomic E-state index is 15.1. The van der Waals surface area contributed by atoms with Crippen molar-refractivity contribution in [2.45, 2.75) is 75.3 Å². The lowest BCUT2D eigenvalue weighted by atomic mass is 9.95. The van der Waals surface area contributed by atoms with Gasteiger partial charge in [0.05, 0.1) is 35.5 Å². The molecule has 6 amide bonds. The second-order valence-corrected chi connectivity index (χ2v) is 19.9. The summed E-state index contributed by atoms with van der Waals surface area (Å²) in [5.41, 5.74) is 1.19. The number of anilines is 1. The lowest BCUT2D eigenvalue weighted by Gasteiger charge is -2.40. The van der Waals surface area contributed by atoms with Crippen LogP contribution in [0.1, 0.15) is 84.8 Å².